The maximum absolute atomic E-state index is 13.8. The zero-order chi connectivity index (χ0) is 40.5. The van der Waals surface area contributed by atoms with Gasteiger partial charge in [0, 0.05) is 114 Å². The van der Waals surface area contributed by atoms with Crippen molar-refractivity contribution in [3.05, 3.63) is 120 Å². The molecule has 0 unspecified atom stereocenters. The number of amides is 5. The molecular formula is C43H40N8O7. The highest BCUT2D eigenvalue weighted by molar-refractivity contribution is 6.27. The second-order valence-electron chi connectivity index (χ2n) is 14.5. The highest BCUT2D eigenvalue weighted by Crippen LogP contribution is 2.35. The normalized spacial score (nSPS) is 13.7. The van der Waals surface area contributed by atoms with Crippen molar-refractivity contribution in [3.8, 4) is 11.4 Å². The lowest BCUT2D eigenvalue weighted by Crippen LogP contribution is -2.46. The van der Waals surface area contributed by atoms with Gasteiger partial charge in [-0.25, -0.2) is 9.97 Å². The average Bonchev–Trinajstić information content (AvgIpc) is 3.97. The Morgan fingerprint density at radius 1 is 0.603 bits per heavy atom. The Morgan fingerprint density at radius 2 is 1.10 bits per heavy atom. The molecule has 0 atom stereocenters. The smallest absolute Gasteiger partial charge is 0.303 e. The summed E-state index contributed by atoms with van der Waals surface area (Å²) < 4.78 is 3.66. The van der Waals surface area contributed by atoms with Gasteiger partial charge in [-0.1, -0.05) is 24.3 Å². The number of carbonyl (C=O) groups excluding carboxylic acids is 5. The predicted molar refractivity (Wildman–Crippen MR) is 213 cm³/mol. The summed E-state index contributed by atoms with van der Waals surface area (Å²) in [6.45, 7) is 1.34. The van der Waals surface area contributed by atoms with Crippen molar-refractivity contribution in [1.29, 1.82) is 0 Å². The molecule has 5 amide bonds. The van der Waals surface area contributed by atoms with Crippen LogP contribution >= 0.6 is 0 Å². The molecule has 0 spiro atoms. The number of imidazole rings is 2. The minimum absolute atomic E-state index is 0.000422. The highest BCUT2D eigenvalue weighted by atomic mass is 16.4. The molecular weight excluding hydrogens is 741 g/mol. The molecule has 294 valence electrons. The van der Waals surface area contributed by atoms with Crippen molar-refractivity contribution >= 4 is 57.1 Å². The van der Waals surface area contributed by atoms with Gasteiger partial charge in [0.05, 0.1) is 24.0 Å². The summed E-state index contributed by atoms with van der Waals surface area (Å²) in [7, 11) is 1.87. The van der Waals surface area contributed by atoms with Crippen LogP contribution in [-0.2, 0) is 9.59 Å². The molecule has 2 aliphatic heterocycles. The average molecular weight is 781 g/mol. The van der Waals surface area contributed by atoms with Gasteiger partial charge in [-0.15, -0.1) is 0 Å². The number of hydrogen-bond donors (Lipinski definition) is 1. The fourth-order valence-corrected chi connectivity index (χ4v) is 7.97. The number of nitrogens with zero attached hydrogens (tertiary/aromatic N) is 8. The van der Waals surface area contributed by atoms with Crippen LogP contribution in [0.1, 0.15) is 67.1 Å². The van der Waals surface area contributed by atoms with E-state index < -0.39 is 17.8 Å². The van der Waals surface area contributed by atoms with E-state index in [1.807, 2.05) is 57.6 Å². The number of benzene rings is 4. The lowest BCUT2D eigenvalue weighted by atomic mass is 9.93. The molecule has 0 aliphatic carbocycles. The lowest BCUT2D eigenvalue weighted by Gasteiger charge is -2.31. The Bertz CT molecular complexity index is 2560. The van der Waals surface area contributed by atoms with Crippen LogP contribution in [0.2, 0.25) is 0 Å². The van der Waals surface area contributed by atoms with Gasteiger partial charge in [-0.3, -0.25) is 38.6 Å². The Kier molecular flexibility index (Phi) is 10.4. The number of rotatable bonds is 16. The summed E-state index contributed by atoms with van der Waals surface area (Å²) in [6.07, 6.45) is 10.7. The van der Waals surface area contributed by atoms with Crippen molar-refractivity contribution in [2.75, 3.05) is 46.3 Å². The summed E-state index contributed by atoms with van der Waals surface area (Å²) in [5, 5.41) is 11.9. The SMILES string of the molecule is CN(CCCN(CCN1C(=O)c2cccc3c(-n4ccnc4)ccc(c23)C1=O)C(=O)CCCC(=O)O)CCN1C(=O)c2cccc3c(-n4ccnc4)ccc(c23)C1=O. The Morgan fingerprint density at radius 3 is 1.59 bits per heavy atom. The minimum Gasteiger partial charge on any atom is -0.481 e. The number of likely N-dealkylation sites (N-methyl/N-ethyl adjacent to an activating group) is 1. The monoisotopic (exact) mass is 780 g/mol. The summed E-state index contributed by atoms with van der Waals surface area (Å²) in [6, 6.07) is 17.9. The molecule has 8 rings (SSSR count). The van der Waals surface area contributed by atoms with Crippen LogP contribution in [0.15, 0.2) is 98.1 Å². The summed E-state index contributed by atoms with van der Waals surface area (Å²) in [5.74, 6) is -2.92. The summed E-state index contributed by atoms with van der Waals surface area (Å²) >= 11 is 0. The molecule has 0 fully saturated rings. The quantitative estimate of drug-likeness (QED) is 0.136. The number of carboxylic acid groups (broad SMARTS) is 1. The molecule has 58 heavy (non-hydrogen) atoms. The number of aliphatic carboxylic acids is 1. The molecule has 6 aromatic rings. The van der Waals surface area contributed by atoms with E-state index in [4.69, 9.17) is 5.11 Å². The van der Waals surface area contributed by atoms with E-state index in [0.717, 1.165) is 22.1 Å². The summed E-state index contributed by atoms with van der Waals surface area (Å²) in [5.41, 5.74) is 3.30. The van der Waals surface area contributed by atoms with E-state index in [2.05, 4.69) is 9.97 Å². The van der Waals surface area contributed by atoms with Crippen molar-refractivity contribution < 1.29 is 33.9 Å². The first-order chi connectivity index (χ1) is 28.1. The van der Waals surface area contributed by atoms with E-state index >= 15 is 0 Å². The van der Waals surface area contributed by atoms with E-state index in [9.17, 15) is 28.8 Å². The molecule has 0 saturated carbocycles. The van der Waals surface area contributed by atoms with Gasteiger partial charge in [-0.05, 0) is 62.8 Å². The topological polar surface area (TPSA) is 171 Å². The number of imide groups is 2. The van der Waals surface area contributed by atoms with Gasteiger partial charge in [0.15, 0.2) is 0 Å². The molecule has 4 heterocycles. The Labute approximate surface area is 332 Å². The van der Waals surface area contributed by atoms with Crippen molar-refractivity contribution in [2.45, 2.75) is 25.7 Å². The fraction of sp³-hybridized carbons (Fsp3) is 0.256. The molecule has 1 N–H and O–H groups in total. The summed E-state index contributed by atoms with van der Waals surface area (Å²) in [4.78, 5) is 93.9. The first-order valence-corrected chi connectivity index (χ1v) is 19.1. The van der Waals surface area contributed by atoms with Crippen molar-refractivity contribution in [3.63, 3.8) is 0 Å². The number of hydrogen-bond acceptors (Lipinski definition) is 9. The molecule has 15 heteroatoms. The predicted octanol–water partition coefficient (Wildman–Crippen LogP) is 4.66. The second kappa shape index (κ2) is 15.9. The molecule has 4 aromatic carbocycles. The number of carboxylic acids is 1. The minimum atomic E-state index is -1.00. The van der Waals surface area contributed by atoms with Crippen LogP contribution < -0.4 is 0 Å². The van der Waals surface area contributed by atoms with Gasteiger partial charge >= 0.3 is 5.97 Å². The maximum Gasteiger partial charge on any atom is 0.303 e. The second-order valence-corrected chi connectivity index (χ2v) is 14.5. The van der Waals surface area contributed by atoms with Crippen molar-refractivity contribution in [1.82, 2.24) is 38.7 Å². The van der Waals surface area contributed by atoms with E-state index in [1.165, 1.54) is 9.80 Å². The third kappa shape index (κ3) is 7.00. The zero-order valence-electron chi connectivity index (χ0n) is 31.8. The van der Waals surface area contributed by atoms with Gasteiger partial charge in [-0.2, -0.15) is 0 Å². The first kappa shape index (κ1) is 37.9. The molecule has 0 saturated heterocycles. The molecule has 0 radical (unpaired) electrons. The molecule has 0 bridgehead atoms. The largest absolute Gasteiger partial charge is 0.481 e. The fourth-order valence-electron chi connectivity index (χ4n) is 7.97. The maximum atomic E-state index is 13.8. The third-order valence-corrected chi connectivity index (χ3v) is 10.9. The lowest BCUT2D eigenvalue weighted by molar-refractivity contribution is -0.137. The van der Waals surface area contributed by atoms with Crippen molar-refractivity contribution in [2.24, 2.45) is 0 Å². The van der Waals surface area contributed by atoms with Gasteiger partial charge in [0.2, 0.25) is 5.91 Å². The first-order valence-electron chi connectivity index (χ1n) is 19.1. The molecule has 2 aromatic heterocycles. The van der Waals surface area contributed by atoms with Crippen LogP contribution in [-0.4, -0.2) is 126 Å². The van der Waals surface area contributed by atoms with Gasteiger partial charge < -0.3 is 24.0 Å². The zero-order valence-corrected chi connectivity index (χ0v) is 31.8. The third-order valence-electron chi connectivity index (χ3n) is 10.9. The Balaban J connectivity index is 0.914. The van der Waals surface area contributed by atoms with Gasteiger partial charge in [0.25, 0.3) is 23.6 Å². The van der Waals surface area contributed by atoms with Gasteiger partial charge in [0.1, 0.15) is 0 Å². The number of carbonyl (C=O) groups is 6. The van der Waals surface area contributed by atoms with Crippen LogP contribution in [0.4, 0.5) is 0 Å². The number of aromatic nitrogens is 4. The van der Waals surface area contributed by atoms with E-state index in [1.54, 1.807) is 66.5 Å². The Hall–Kier alpha value is -7.00. The van der Waals surface area contributed by atoms with E-state index in [-0.39, 0.29) is 63.2 Å². The molecule has 15 nitrogen and oxygen atoms in total. The van der Waals surface area contributed by atoms with Crippen LogP contribution in [0, 0.1) is 0 Å². The highest BCUT2D eigenvalue weighted by Gasteiger charge is 2.35. The van der Waals surface area contributed by atoms with Crippen LogP contribution in [0.25, 0.3) is 32.9 Å². The van der Waals surface area contributed by atoms with Crippen LogP contribution in [0.3, 0.4) is 0 Å². The van der Waals surface area contributed by atoms with E-state index in [0.29, 0.717) is 52.5 Å². The van der Waals surface area contributed by atoms with Crippen LogP contribution in [0.5, 0.6) is 0 Å². The molecule has 2 aliphatic rings. The standard InChI is InChI=1S/C43H40N8O7/c1-46(22-24-50-40(55)30-8-2-6-28-34(48-20-16-44-26-48)14-12-32(38(28)30)42(50)57)18-5-19-47(36(52)10-4-11-37(53)54)23-25-51-41(56)31-9-3-7-29-35(49-21-17-45-27-49)15-13-33(39(29)31)43(51)58/h2-3,6-9,12-17,20-21,26-27H,4-5,10-11,18-19,22-25H2,1H3,(H,53,54).